The molecule has 1 saturated carbocycles. The fourth-order valence-electron chi connectivity index (χ4n) is 3.26. The lowest BCUT2D eigenvalue weighted by Crippen LogP contribution is -2.33. The zero-order valence-electron chi connectivity index (χ0n) is 17.8. The summed E-state index contributed by atoms with van der Waals surface area (Å²) < 4.78 is 0. The van der Waals surface area contributed by atoms with Gasteiger partial charge in [-0.3, -0.25) is 9.59 Å². The van der Waals surface area contributed by atoms with Crippen LogP contribution in [-0.2, 0) is 16.0 Å². The number of benzene rings is 1. The lowest BCUT2D eigenvalue weighted by atomic mass is 9.77. The van der Waals surface area contributed by atoms with Crippen LogP contribution in [0.15, 0.2) is 30.3 Å². The summed E-state index contributed by atoms with van der Waals surface area (Å²) >= 11 is 0. The molecular formula is C23H39NO3. The first-order valence-corrected chi connectivity index (χ1v) is 10.5. The third-order valence-corrected chi connectivity index (χ3v) is 4.91. The number of carboxylic acids is 1. The first-order chi connectivity index (χ1) is 12.9. The largest absolute Gasteiger partial charge is 0.481 e. The quantitative estimate of drug-likeness (QED) is 0.705. The highest BCUT2D eigenvalue weighted by molar-refractivity contribution is 5.78. The highest BCUT2D eigenvalue weighted by atomic mass is 16.4. The Morgan fingerprint density at radius 1 is 1.07 bits per heavy atom. The number of aliphatic carboxylic acids is 1. The van der Waals surface area contributed by atoms with Gasteiger partial charge in [0.05, 0.1) is 0 Å². The highest BCUT2D eigenvalue weighted by Crippen LogP contribution is 2.33. The van der Waals surface area contributed by atoms with Crippen molar-refractivity contribution in [2.45, 2.75) is 73.1 Å². The van der Waals surface area contributed by atoms with Gasteiger partial charge in [-0.1, -0.05) is 58.0 Å². The molecule has 0 heterocycles. The van der Waals surface area contributed by atoms with E-state index in [1.807, 2.05) is 51.1 Å². The van der Waals surface area contributed by atoms with Crippen LogP contribution in [0.5, 0.6) is 0 Å². The molecule has 154 valence electrons. The second kappa shape index (κ2) is 15.2. The van der Waals surface area contributed by atoms with Crippen LogP contribution in [0.25, 0.3) is 0 Å². The van der Waals surface area contributed by atoms with Crippen molar-refractivity contribution in [2.75, 3.05) is 6.54 Å². The third kappa shape index (κ3) is 11.5. The molecule has 1 aliphatic carbocycles. The molecular weight excluding hydrogens is 338 g/mol. The normalized spacial score (nSPS) is 18.4. The van der Waals surface area contributed by atoms with E-state index in [4.69, 9.17) is 5.11 Å². The number of rotatable bonds is 6. The molecule has 4 heteroatoms. The SMILES string of the molecule is CC.CCNC(=O)C1CCC(C(C)C)CC1.O=C(O)CCc1ccccc1. The van der Waals surface area contributed by atoms with E-state index < -0.39 is 5.97 Å². The molecule has 1 aromatic carbocycles. The summed E-state index contributed by atoms with van der Waals surface area (Å²) in [5.74, 6) is 1.46. The monoisotopic (exact) mass is 377 g/mol. The van der Waals surface area contributed by atoms with Crippen molar-refractivity contribution in [1.82, 2.24) is 5.32 Å². The third-order valence-electron chi connectivity index (χ3n) is 4.91. The molecule has 4 nitrogen and oxygen atoms in total. The van der Waals surface area contributed by atoms with Gasteiger partial charge in [-0.25, -0.2) is 0 Å². The molecule has 2 rings (SSSR count). The van der Waals surface area contributed by atoms with E-state index in [2.05, 4.69) is 19.2 Å². The second-order valence-electron chi connectivity index (χ2n) is 7.13. The molecule has 1 aliphatic rings. The number of carboxylic acid groups (broad SMARTS) is 1. The molecule has 1 amide bonds. The van der Waals surface area contributed by atoms with Crippen LogP contribution in [0.1, 0.15) is 72.3 Å². The maximum Gasteiger partial charge on any atom is 0.303 e. The van der Waals surface area contributed by atoms with Gasteiger partial charge in [0.1, 0.15) is 0 Å². The van der Waals surface area contributed by atoms with Gasteiger partial charge in [0, 0.05) is 18.9 Å². The van der Waals surface area contributed by atoms with Crippen molar-refractivity contribution in [3.8, 4) is 0 Å². The molecule has 27 heavy (non-hydrogen) atoms. The van der Waals surface area contributed by atoms with Crippen LogP contribution < -0.4 is 5.32 Å². The Bertz CT molecular complexity index is 506. The van der Waals surface area contributed by atoms with E-state index in [1.54, 1.807) is 0 Å². The van der Waals surface area contributed by atoms with E-state index >= 15 is 0 Å². The van der Waals surface area contributed by atoms with Gasteiger partial charge < -0.3 is 10.4 Å². The van der Waals surface area contributed by atoms with E-state index in [1.165, 1.54) is 12.8 Å². The van der Waals surface area contributed by atoms with Gasteiger partial charge in [-0.2, -0.15) is 0 Å². The van der Waals surface area contributed by atoms with Crippen LogP contribution in [0, 0.1) is 17.8 Å². The summed E-state index contributed by atoms with van der Waals surface area (Å²) in [4.78, 5) is 21.7. The first kappa shape index (κ1) is 25.2. The fourth-order valence-corrected chi connectivity index (χ4v) is 3.26. The lowest BCUT2D eigenvalue weighted by Gasteiger charge is -2.30. The standard InChI is InChI=1S/C12H23NO.C9H10O2.C2H6/c1-4-13-12(14)11-7-5-10(6-8-11)9(2)3;10-9(11)7-6-8-4-2-1-3-5-8;1-2/h9-11H,4-8H2,1-3H3,(H,13,14);1-5H,6-7H2,(H,10,11);1-2H3. The van der Waals surface area contributed by atoms with E-state index in [9.17, 15) is 9.59 Å². The highest BCUT2D eigenvalue weighted by Gasteiger charge is 2.26. The fraction of sp³-hybridized carbons (Fsp3) is 0.652. The summed E-state index contributed by atoms with van der Waals surface area (Å²) in [7, 11) is 0. The summed E-state index contributed by atoms with van der Waals surface area (Å²) in [5, 5.41) is 11.3. The van der Waals surface area contributed by atoms with Gasteiger partial charge in [0.2, 0.25) is 5.91 Å². The molecule has 0 atom stereocenters. The number of hydrogen-bond donors (Lipinski definition) is 2. The van der Waals surface area contributed by atoms with Crippen LogP contribution in [0.2, 0.25) is 0 Å². The predicted octanol–water partition coefficient (Wildman–Crippen LogP) is 5.31. The minimum absolute atomic E-state index is 0.212. The number of hydrogen-bond acceptors (Lipinski definition) is 2. The van der Waals surface area contributed by atoms with Crippen LogP contribution in [-0.4, -0.2) is 23.5 Å². The number of amides is 1. The maximum atomic E-state index is 11.6. The number of aryl methyl sites for hydroxylation is 1. The van der Waals surface area contributed by atoms with Crippen LogP contribution >= 0.6 is 0 Å². The van der Waals surface area contributed by atoms with Crippen molar-refractivity contribution < 1.29 is 14.7 Å². The van der Waals surface area contributed by atoms with Crippen molar-refractivity contribution in [3.63, 3.8) is 0 Å². The number of carbonyl (C=O) groups is 2. The van der Waals surface area contributed by atoms with Crippen molar-refractivity contribution in [1.29, 1.82) is 0 Å². The molecule has 0 radical (unpaired) electrons. The molecule has 1 fully saturated rings. The van der Waals surface area contributed by atoms with E-state index in [0.717, 1.165) is 36.8 Å². The van der Waals surface area contributed by atoms with Gasteiger partial charge in [-0.05, 0) is 56.4 Å². The summed E-state index contributed by atoms with van der Waals surface area (Å²) in [5.41, 5.74) is 1.08. The zero-order chi connectivity index (χ0) is 20.7. The Labute approximate surface area is 165 Å². The van der Waals surface area contributed by atoms with E-state index in [-0.39, 0.29) is 12.3 Å². The molecule has 0 aliphatic heterocycles. The summed E-state index contributed by atoms with van der Waals surface area (Å²) in [6.07, 6.45) is 5.49. The lowest BCUT2D eigenvalue weighted by molar-refractivity contribution is -0.137. The Balaban J connectivity index is 0.000000469. The minimum Gasteiger partial charge on any atom is -0.481 e. The molecule has 0 aromatic heterocycles. The number of nitrogens with one attached hydrogen (secondary N) is 1. The van der Waals surface area contributed by atoms with E-state index in [0.29, 0.717) is 12.3 Å². The average molecular weight is 378 g/mol. The number of carbonyl (C=O) groups excluding carboxylic acids is 1. The molecule has 0 saturated heterocycles. The minimum atomic E-state index is -0.742. The Morgan fingerprint density at radius 3 is 2.07 bits per heavy atom. The molecule has 1 aromatic rings. The molecule has 0 bridgehead atoms. The Morgan fingerprint density at radius 2 is 1.63 bits per heavy atom. The van der Waals surface area contributed by atoms with Crippen molar-refractivity contribution >= 4 is 11.9 Å². The molecule has 0 spiro atoms. The smallest absolute Gasteiger partial charge is 0.303 e. The Hall–Kier alpha value is -1.84. The summed E-state index contributed by atoms with van der Waals surface area (Å²) in [6.45, 7) is 11.3. The first-order valence-electron chi connectivity index (χ1n) is 10.5. The van der Waals surface area contributed by atoms with Crippen molar-refractivity contribution in [2.24, 2.45) is 17.8 Å². The summed E-state index contributed by atoms with van der Waals surface area (Å²) in [6, 6.07) is 9.62. The predicted molar refractivity (Wildman–Crippen MR) is 113 cm³/mol. The molecule has 2 N–H and O–H groups in total. The molecule has 0 unspecified atom stereocenters. The average Bonchev–Trinajstić information content (AvgIpc) is 2.69. The second-order valence-corrected chi connectivity index (χ2v) is 7.13. The topological polar surface area (TPSA) is 66.4 Å². The van der Waals surface area contributed by atoms with Gasteiger partial charge >= 0.3 is 5.97 Å². The zero-order valence-corrected chi connectivity index (χ0v) is 17.8. The van der Waals surface area contributed by atoms with Gasteiger partial charge in [-0.15, -0.1) is 0 Å². The van der Waals surface area contributed by atoms with Gasteiger partial charge in [0.15, 0.2) is 0 Å². The van der Waals surface area contributed by atoms with Crippen LogP contribution in [0.3, 0.4) is 0 Å². The van der Waals surface area contributed by atoms with Crippen LogP contribution in [0.4, 0.5) is 0 Å². The maximum absolute atomic E-state index is 11.6. The Kier molecular flexibility index (Phi) is 14.2. The van der Waals surface area contributed by atoms with Crippen molar-refractivity contribution in [3.05, 3.63) is 35.9 Å². The van der Waals surface area contributed by atoms with Gasteiger partial charge in [0.25, 0.3) is 0 Å².